The molecule has 0 radical (unpaired) electrons. The first-order valence-electron chi connectivity index (χ1n) is 26.7. The van der Waals surface area contributed by atoms with Crippen molar-refractivity contribution >= 4 is 136 Å². The minimum atomic E-state index is -1.67. The number of carbonyl (C=O) groups is 5. The predicted molar refractivity (Wildman–Crippen MR) is 345 cm³/mol. The fourth-order valence-electron chi connectivity index (χ4n) is 6.61. The zero-order chi connectivity index (χ0) is 68.8. The largest absolute Gasteiger partial charge is 0.493 e. The number of aliphatic hydroxyl groups is 4. The number of aliphatic hydroxyl groups excluding tert-OH is 4. The fourth-order valence-corrected chi connectivity index (χ4v) is 7.84. The van der Waals surface area contributed by atoms with Gasteiger partial charge in [0.1, 0.15) is 37.1 Å². The molecule has 0 aliphatic carbocycles. The van der Waals surface area contributed by atoms with Crippen LogP contribution < -0.4 is 14.2 Å². The van der Waals surface area contributed by atoms with Crippen LogP contribution in [0.15, 0.2) is 61.7 Å². The molecule has 0 saturated heterocycles. The number of esters is 3. The number of nitro benzene ring substituents is 3. The summed E-state index contributed by atoms with van der Waals surface area (Å²) in [6.07, 6.45) is 3.22. The number of nitro groups is 3. The number of nitrogens with zero attached hydrogens (tertiary/aromatic N) is 4. The number of carboxylic acid groups (broad SMARTS) is 1. The molecule has 0 bridgehead atoms. The van der Waals surface area contributed by atoms with E-state index in [1.54, 1.807) is 26.8 Å². The highest BCUT2D eigenvalue weighted by atomic mass is 79.9. The lowest BCUT2D eigenvalue weighted by Gasteiger charge is -2.13. The first kappa shape index (κ1) is 87.8. The van der Waals surface area contributed by atoms with Crippen molar-refractivity contribution in [3.8, 4) is 17.2 Å². The molecule has 3 aromatic carbocycles. The van der Waals surface area contributed by atoms with Crippen LogP contribution in [0.1, 0.15) is 128 Å². The highest BCUT2D eigenvalue weighted by Crippen LogP contribution is 2.39. The molecule has 0 aliphatic heterocycles. The van der Waals surface area contributed by atoms with Crippen LogP contribution in [0.5, 0.6) is 17.2 Å². The zero-order valence-electron chi connectivity index (χ0n) is 49.7. The van der Waals surface area contributed by atoms with Crippen LogP contribution in [-0.2, 0) is 67.2 Å². The Morgan fingerprint density at radius 2 is 0.876 bits per heavy atom. The number of carboxylic acids is 1. The first-order valence-corrected chi connectivity index (χ1v) is 32.6. The molecule has 502 valence electrons. The lowest BCUT2D eigenvalue weighted by molar-refractivity contribution is -0.385. The van der Waals surface area contributed by atoms with Crippen LogP contribution in [0.25, 0.3) is 0 Å². The maximum absolute atomic E-state index is 11.6. The third-order valence-electron chi connectivity index (χ3n) is 11.0. The van der Waals surface area contributed by atoms with Gasteiger partial charge in [-0.25, -0.2) is 13.8 Å². The summed E-state index contributed by atoms with van der Waals surface area (Å²) in [5.74, 6) is -1.89. The number of halogens is 6. The van der Waals surface area contributed by atoms with E-state index in [-0.39, 0.29) is 141 Å². The fraction of sp³-hybridized carbons (Fsp3) is 0.509. The quantitative estimate of drug-likeness (QED) is 0.00542. The van der Waals surface area contributed by atoms with E-state index >= 15 is 0 Å². The first-order chi connectivity index (χ1) is 41.9. The van der Waals surface area contributed by atoms with Crippen LogP contribution in [0.4, 0.5) is 17.1 Å². The molecule has 89 heavy (non-hydrogen) atoms. The van der Waals surface area contributed by atoms with Gasteiger partial charge in [-0.1, -0.05) is 81.7 Å². The summed E-state index contributed by atoms with van der Waals surface area (Å²) in [5, 5.41) is 77.8. The van der Waals surface area contributed by atoms with E-state index in [2.05, 4.69) is 117 Å². The topological polar surface area (TPSA) is 392 Å². The number of hydrogen-bond acceptors (Lipinski definition) is 23. The highest BCUT2D eigenvalue weighted by molar-refractivity contribution is 9.09. The van der Waals surface area contributed by atoms with Crippen molar-refractivity contribution in [2.24, 2.45) is 0 Å². The van der Waals surface area contributed by atoms with E-state index in [1.165, 1.54) is 50.0 Å². The molecular formula is C55H76Br3Cl3N4O23S. The van der Waals surface area contributed by atoms with Crippen LogP contribution in [0, 0.1) is 30.3 Å². The second-order valence-corrected chi connectivity index (χ2v) is 24.3. The number of carbonyl (C=O) groups excluding carboxylic acids is 4. The van der Waals surface area contributed by atoms with E-state index in [4.69, 9.17) is 45.0 Å². The Labute approximate surface area is 557 Å². The van der Waals surface area contributed by atoms with Gasteiger partial charge in [0.2, 0.25) is 14.5 Å². The van der Waals surface area contributed by atoms with E-state index in [0.29, 0.717) is 46.2 Å². The summed E-state index contributed by atoms with van der Waals surface area (Å²) in [5.41, 5.74) is 2.33. The Balaban J connectivity index is -0.00000109. The Kier molecular flexibility index (Phi) is 51.5. The van der Waals surface area contributed by atoms with Crippen molar-refractivity contribution in [2.45, 2.75) is 114 Å². The van der Waals surface area contributed by atoms with E-state index in [9.17, 15) is 69.6 Å². The SMILES string of the molecule is C=CC(=O)OCCO.C=CC(=O)OCCOC(=O)CCCOc1cc([N+](=O)[O-])c(C(C)Br)cc1CO.CC(Br)c1cc(CO)c(OCCCC(=O)Cl)cc1[N+](=O)[O-].CC(Br)c1cc(CO)c(OCCCC(=O)O)cc1[N+](=O)[O-].CCN(CC)CC.O=S(Cl)Cl. The molecule has 0 amide bonds. The van der Waals surface area contributed by atoms with Crippen LogP contribution >= 0.6 is 80.8 Å². The second-order valence-electron chi connectivity index (χ2n) is 17.2. The smallest absolute Gasteiger partial charge is 0.330 e. The van der Waals surface area contributed by atoms with Crippen molar-refractivity contribution in [3.05, 3.63) is 125 Å². The van der Waals surface area contributed by atoms with Crippen molar-refractivity contribution in [2.75, 3.05) is 65.9 Å². The van der Waals surface area contributed by atoms with Gasteiger partial charge in [-0.05, 0) is 89.5 Å². The molecule has 3 unspecified atom stereocenters. The third kappa shape index (κ3) is 40.8. The average molecular weight is 1540 g/mol. The normalized spacial score (nSPS) is 11.2. The van der Waals surface area contributed by atoms with Gasteiger partial charge in [0.25, 0.3) is 17.1 Å². The summed E-state index contributed by atoms with van der Waals surface area (Å²) in [6.45, 7) is 21.0. The molecule has 27 nitrogen and oxygen atoms in total. The minimum Gasteiger partial charge on any atom is -0.493 e. The molecular weight excluding hydrogens is 1460 g/mol. The van der Waals surface area contributed by atoms with Crippen LogP contribution in [0.3, 0.4) is 0 Å². The maximum Gasteiger partial charge on any atom is 0.330 e. The van der Waals surface area contributed by atoms with Crippen molar-refractivity contribution < 1.29 is 96.9 Å². The van der Waals surface area contributed by atoms with E-state index < -0.39 is 53.1 Å². The summed E-state index contributed by atoms with van der Waals surface area (Å²) in [6, 6.07) is 8.40. The average Bonchev–Trinajstić information content (AvgIpc) is 1.11. The molecule has 3 aromatic rings. The van der Waals surface area contributed by atoms with Crippen molar-refractivity contribution in [3.63, 3.8) is 0 Å². The third-order valence-corrected chi connectivity index (χ3v) is 12.6. The Hall–Kier alpha value is -5.45. The van der Waals surface area contributed by atoms with Gasteiger partial charge in [0, 0.05) is 101 Å². The number of ether oxygens (including phenoxy) is 6. The summed E-state index contributed by atoms with van der Waals surface area (Å²) >= 11 is 15.1. The lowest BCUT2D eigenvalue weighted by atomic mass is 10.1. The molecule has 0 aromatic heterocycles. The van der Waals surface area contributed by atoms with Gasteiger partial charge in [0.05, 0.1) is 79.2 Å². The lowest BCUT2D eigenvalue weighted by Crippen LogP contribution is -2.21. The number of aliphatic carboxylic acids is 1. The van der Waals surface area contributed by atoms with Gasteiger partial charge in [-0.2, -0.15) is 0 Å². The summed E-state index contributed by atoms with van der Waals surface area (Å²) < 4.78 is 39.3. The maximum atomic E-state index is 11.6. The van der Waals surface area contributed by atoms with Gasteiger partial charge in [-0.3, -0.25) is 44.7 Å². The summed E-state index contributed by atoms with van der Waals surface area (Å²) in [4.78, 5) is 87.1. The van der Waals surface area contributed by atoms with Crippen LogP contribution in [0.2, 0.25) is 0 Å². The number of hydrogen-bond donors (Lipinski definition) is 5. The molecule has 0 spiro atoms. The Morgan fingerprint density at radius 1 is 0.573 bits per heavy atom. The molecule has 0 saturated carbocycles. The van der Waals surface area contributed by atoms with E-state index in [1.807, 2.05) is 0 Å². The monoisotopic (exact) mass is 1530 g/mol. The van der Waals surface area contributed by atoms with Gasteiger partial charge < -0.3 is 58.9 Å². The van der Waals surface area contributed by atoms with Crippen molar-refractivity contribution in [1.29, 1.82) is 0 Å². The van der Waals surface area contributed by atoms with Gasteiger partial charge in [-0.15, -0.1) is 0 Å². The molecule has 0 heterocycles. The standard InChI is InChI=1S/C18H22BrNO8.C13H15BrClNO5.C13H16BrNO6.C6H15N.C5H8O3.Cl2OS/c1-3-17(22)27-7-8-28-18(23)5-4-6-26-16-10-15(20(24)25)14(12(2)19)9-13(16)11-21;1-8(14)10-5-9(7-17)12(6-11(10)16(19)20)21-4-2-3-13(15)18;1-8(14)10-5-9(7-16)12(6-11(10)15(19)20)21-4-2-3-13(17)18;1-4-7(5-2)6-3;1-2-5(7)8-4-3-6;1-4(2)3/h3,9-10,12,21H,1,4-8,11H2,2H3;5-6,8,17H,2-4,7H2,1H3;5-6,8,16H,2-4,7H2,1H3,(H,17,18);4-6H2,1-3H3;2,6H,1,3-4H2;. The van der Waals surface area contributed by atoms with Gasteiger partial charge >= 0.3 is 23.9 Å². The van der Waals surface area contributed by atoms with Crippen LogP contribution in [-0.4, -0.2) is 144 Å². The molecule has 0 aliphatic rings. The Morgan fingerprint density at radius 3 is 1.12 bits per heavy atom. The number of rotatable bonds is 34. The predicted octanol–water partition coefficient (Wildman–Crippen LogP) is 11.3. The van der Waals surface area contributed by atoms with E-state index in [0.717, 1.165) is 12.2 Å². The molecule has 5 N–H and O–H groups in total. The Bertz CT molecular complexity index is 2620. The molecule has 34 heteroatoms. The highest BCUT2D eigenvalue weighted by Gasteiger charge is 2.24. The molecule has 3 atom stereocenters. The number of alkyl halides is 3. The zero-order valence-corrected chi connectivity index (χ0v) is 57.6. The van der Waals surface area contributed by atoms with Crippen molar-refractivity contribution in [1.82, 2.24) is 4.90 Å². The minimum absolute atomic E-state index is 0.0465. The number of benzene rings is 3. The summed E-state index contributed by atoms with van der Waals surface area (Å²) in [7, 11) is 7.36. The van der Waals surface area contributed by atoms with Gasteiger partial charge in [0.15, 0.2) is 0 Å². The molecule has 0 fully saturated rings. The molecule has 3 rings (SSSR count). The second kappa shape index (κ2) is 52.2.